The Morgan fingerprint density at radius 2 is 2.00 bits per heavy atom. The Morgan fingerprint density at radius 3 is 2.62 bits per heavy atom. The molecular weight excluding hydrogens is 200 g/mol. The molecule has 0 saturated heterocycles. The number of carbonyl (C=O) groups excluding carboxylic acids is 1. The second-order valence-corrected chi connectivity index (χ2v) is 5.41. The van der Waals surface area contributed by atoms with E-state index in [1.807, 2.05) is 0 Å². The SMILES string of the molecule is CC1(OC(=O)C2CC=CCC2)CCCCC1. The topological polar surface area (TPSA) is 26.3 Å². The van der Waals surface area contributed by atoms with Gasteiger partial charge in [-0.15, -0.1) is 0 Å². The minimum Gasteiger partial charge on any atom is -0.459 e. The first kappa shape index (κ1) is 11.7. The summed E-state index contributed by atoms with van der Waals surface area (Å²) in [5.74, 6) is 0.150. The van der Waals surface area contributed by atoms with Crippen molar-refractivity contribution in [2.45, 2.75) is 63.9 Å². The highest BCUT2D eigenvalue weighted by Crippen LogP contribution is 2.33. The zero-order valence-corrected chi connectivity index (χ0v) is 10.2. The highest BCUT2D eigenvalue weighted by molar-refractivity contribution is 5.73. The van der Waals surface area contributed by atoms with E-state index < -0.39 is 0 Å². The van der Waals surface area contributed by atoms with E-state index in [-0.39, 0.29) is 17.5 Å². The summed E-state index contributed by atoms with van der Waals surface area (Å²) in [5.41, 5.74) is -0.170. The van der Waals surface area contributed by atoms with E-state index in [9.17, 15) is 4.79 Å². The van der Waals surface area contributed by atoms with Gasteiger partial charge in [-0.1, -0.05) is 18.6 Å². The monoisotopic (exact) mass is 222 g/mol. The Bertz CT molecular complexity index is 274. The third kappa shape index (κ3) is 2.87. The smallest absolute Gasteiger partial charge is 0.309 e. The largest absolute Gasteiger partial charge is 0.459 e. The first-order valence-electron chi connectivity index (χ1n) is 6.57. The molecule has 0 heterocycles. The fourth-order valence-corrected chi connectivity index (χ4v) is 2.74. The fraction of sp³-hybridized carbons (Fsp3) is 0.786. The quantitative estimate of drug-likeness (QED) is 0.527. The predicted molar refractivity (Wildman–Crippen MR) is 64.1 cm³/mol. The normalized spacial score (nSPS) is 28.7. The molecule has 0 spiro atoms. The molecular formula is C14H22O2. The number of rotatable bonds is 2. The first-order chi connectivity index (χ1) is 7.70. The van der Waals surface area contributed by atoms with Gasteiger partial charge in [-0.2, -0.15) is 0 Å². The lowest BCUT2D eigenvalue weighted by molar-refractivity contribution is -0.166. The van der Waals surface area contributed by atoms with Crippen molar-refractivity contribution >= 4 is 5.97 Å². The van der Waals surface area contributed by atoms with Crippen LogP contribution in [0.25, 0.3) is 0 Å². The molecule has 2 aliphatic carbocycles. The average molecular weight is 222 g/mol. The highest BCUT2D eigenvalue weighted by atomic mass is 16.6. The molecule has 1 unspecified atom stereocenters. The van der Waals surface area contributed by atoms with Crippen molar-refractivity contribution in [1.29, 1.82) is 0 Å². The van der Waals surface area contributed by atoms with Crippen LogP contribution in [0.1, 0.15) is 58.3 Å². The zero-order chi connectivity index (χ0) is 11.4. The van der Waals surface area contributed by atoms with Gasteiger partial charge in [0.1, 0.15) is 5.60 Å². The lowest BCUT2D eigenvalue weighted by atomic mass is 9.86. The Hall–Kier alpha value is -0.790. The predicted octanol–water partition coefficient (Wildman–Crippen LogP) is 3.61. The van der Waals surface area contributed by atoms with Gasteiger partial charge in [-0.05, 0) is 51.9 Å². The lowest BCUT2D eigenvalue weighted by Gasteiger charge is -2.34. The Morgan fingerprint density at radius 1 is 1.25 bits per heavy atom. The van der Waals surface area contributed by atoms with Crippen LogP contribution in [0.3, 0.4) is 0 Å². The molecule has 0 aliphatic heterocycles. The number of carbonyl (C=O) groups is 1. The van der Waals surface area contributed by atoms with Crippen LogP contribution in [0.15, 0.2) is 12.2 Å². The van der Waals surface area contributed by atoms with Gasteiger partial charge in [0.2, 0.25) is 0 Å². The maximum Gasteiger partial charge on any atom is 0.309 e. The Balaban J connectivity index is 1.87. The summed E-state index contributed by atoms with van der Waals surface area (Å²) in [6.45, 7) is 2.10. The van der Waals surface area contributed by atoms with Gasteiger partial charge in [-0.3, -0.25) is 4.79 Å². The Labute approximate surface area is 98.1 Å². The second kappa shape index (κ2) is 5.03. The molecule has 2 rings (SSSR count). The molecule has 0 radical (unpaired) electrons. The van der Waals surface area contributed by atoms with Crippen LogP contribution in [0.4, 0.5) is 0 Å². The molecule has 2 nitrogen and oxygen atoms in total. The third-order valence-corrected chi connectivity index (χ3v) is 3.86. The van der Waals surface area contributed by atoms with Crippen LogP contribution in [0.5, 0.6) is 0 Å². The number of allylic oxidation sites excluding steroid dienone is 2. The molecule has 90 valence electrons. The van der Waals surface area contributed by atoms with Crippen molar-refractivity contribution in [2.24, 2.45) is 5.92 Å². The van der Waals surface area contributed by atoms with Gasteiger partial charge < -0.3 is 4.74 Å². The Kier molecular flexibility index (Phi) is 3.67. The van der Waals surface area contributed by atoms with Crippen molar-refractivity contribution in [2.75, 3.05) is 0 Å². The minimum atomic E-state index is -0.170. The van der Waals surface area contributed by atoms with E-state index in [0.29, 0.717) is 0 Å². The molecule has 2 heteroatoms. The summed E-state index contributed by atoms with van der Waals surface area (Å²) in [7, 11) is 0. The van der Waals surface area contributed by atoms with E-state index in [4.69, 9.17) is 4.74 Å². The third-order valence-electron chi connectivity index (χ3n) is 3.86. The van der Waals surface area contributed by atoms with E-state index in [2.05, 4.69) is 19.1 Å². The number of esters is 1. The molecule has 2 aliphatic rings. The molecule has 0 bridgehead atoms. The zero-order valence-electron chi connectivity index (χ0n) is 10.2. The molecule has 1 atom stereocenters. The molecule has 0 aromatic heterocycles. The molecule has 0 N–H and O–H groups in total. The molecule has 1 fully saturated rings. The van der Waals surface area contributed by atoms with E-state index in [1.165, 1.54) is 19.3 Å². The van der Waals surface area contributed by atoms with Gasteiger partial charge in [0.25, 0.3) is 0 Å². The number of ether oxygens (including phenoxy) is 1. The van der Waals surface area contributed by atoms with Crippen LogP contribution in [0.2, 0.25) is 0 Å². The van der Waals surface area contributed by atoms with E-state index >= 15 is 0 Å². The van der Waals surface area contributed by atoms with Gasteiger partial charge in [0.15, 0.2) is 0 Å². The van der Waals surface area contributed by atoms with Crippen molar-refractivity contribution in [3.63, 3.8) is 0 Å². The van der Waals surface area contributed by atoms with Crippen molar-refractivity contribution in [1.82, 2.24) is 0 Å². The summed E-state index contributed by atoms with van der Waals surface area (Å²) < 4.78 is 5.75. The van der Waals surface area contributed by atoms with Gasteiger partial charge in [0.05, 0.1) is 5.92 Å². The van der Waals surface area contributed by atoms with Crippen molar-refractivity contribution in [3.8, 4) is 0 Å². The fourth-order valence-electron chi connectivity index (χ4n) is 2.74. The van der Waals surface area contributed by atoms with Gasteiger partial charge >= 0.3 is 5.97 Å². The first-order valence-corrected chi connectivity index (χ1v) is 6.57. The van der Waals surface area contributed by atoms with Crippen LogP contribution in [-0.4, -0.2) is 11.6 Å². The van der Waals surface area contributed by atoms with Crippen molar-refractivity contribution < 1.29 is 9.53 Å². The summed E-state index contributed by atoms with van der Waals surface area (Å²) in [6, 6.07) is 0. The summed E-state index contributed by atoms with van der Waals surface area (Å²) >= 11 is 0. The van der Waals surface area contributed by atoms with E-state index in [0.717, 1.165) is 32.1 Å². The van der Waals surface area contributed by atoms with Crippen molar-refractivity contribution in [3.05, 3.63) is 12.2 Å². The standard InChI is InChI=1S/C14H22O2/c1-14(10-6-3-7-11-14)16-13(15)12-8-4-2-5-9-12/h2,4,12H,3,5-11H2,1H3. The molecule has 0 amide bonds. The maximum absolute atomic E-state index is 12.0. The summed E-state index contributed by atoms with van der Waals surface area (Å²) in [6.07, 6.45) is 12.9. The summed E-state index contributed by atoms with van der Waals surface area (Å²) in [5, 5.41) is 0. The van der Waals surface area contributed by atoms with E-state index in [1.54, 1.807) is 0 Å². The molecule has 0 aromatic rings. The van der Waals surface area contributed by atoms with Gasteiger partial charge in [-0.25, -0.2) is 0 Å². The van der Waals surface area contributed by atoms with Crippen LogP contribution in [0, 0.1) is 5.92 Å². The van der Waals surface area contributed by atoms with Crippen LogP contribution in [-0.2, 0) is 9.53 Å². The summed E-state index contributed by atoms with van der Waals surface area (Å²) in [4.78, 5) is 12.0. The molecule has 1 saturated carbocycles. The lowest BCUT2D eigenvalue weighted by Crippen LogP contribution is -2.36. The van der Waals surface area contributed by atoms with Crippen LogP contribution >= 0.6 is 0 Å². The van der Waals surface area contributed by atoms with Gasteiger partial charge in [0, 0.05) is 0 Å². The highest BCUT2D eigenvalue weighted by Gasteiger charge is 2.33. The second-order valence-electron chi connectivity index (χ2n) is 5.41. The molecule has 0 aromatic carbocycles. The maximum atomic E-state index is 12.0. The number of hydrogen-bond acceptors (Lipinski definition) is 2. The van der Waals surface area contributed by atoms with Crippen LogP contribution < -0.4 is 0 Å². The minimum absolute atomic E-state index is 0.0359. The number of hydrogen-bond donors (Lipinski definition) is 0. The average Bonchev–Trinajstić information content (AvgIpc) is 2.30. The molecule has 16 heavy (non-hydrogen) atoms.